The normalized spacial score (nSPS) is 15.7. The van der Waals surface area contributed by atoms with Crippen molar-refractivity contribution in [3.05, 3.63) is 0 Å². The van der Waals surface area contributed by atoms with Crippen LogP contribution in [-0.2, 0) is 4.65 Å². The zero-order valence-electron chi connectivity index (χ0n) is 16.4. The molecule has 0 aliphatic rings. The Hall–Kier alpha value is -0.335. The van der Waals surface area contributed by atoms with Crippen molar-refractivity contribution in [1.29, 1.82) is 0 Å². The number of hydrogen-bond acceptors (Lipinski definition) is 10. The SMILES string of the molecule is CCCCN(CCO)CCCC.OC[C@@H](O)[C@@H](O)[C@H](O)[C@@H](O)COB(O)O. The molecule has 0 saturated heterocycles. The molecule has 164 valence electrons. The van der Waals surface area contributed by atoms with Gasteiger partial charge in [-0.15, -0.1) is 0 Å². The van der Waals surface area contributed by atoms with Crippen molar-refractivity contribution in [3.8, 4) is 0 Å². The molecule has 0 spiro atoms. The van der Waals surface area contributed by atoms with Gasteiger partial charge in [-0.3, -0.25) is 0 Å². The van der Waals surface area contributed by atoms with Gasteiger partial charge in [0.2, 0.25) is 0 Å². The highest BCUT2D eigenvalue weighted by Crippen LogP contribution is 2.05. The lowest BCUT2D eigenvalue weighted by atomic mass is 10.0. The summed E-state index contributed by atoms with van der Waals surface area (Å²) in [4.78, 5) is 2.35. The highest BCUT2D eigenvalue weighted by Gasteiger charge is 2.30. The number of hydrogen-bond donors (Lipinski definition) is 8. The maximum absolute atomic E-state index is 9.19. The minimum Gasteiger partial charge on any atom is -0.402 e. The summed E-state index contributed by atoms with van der Waals surface area (Å²) in [6, 6.07) is 0. The fourth-order valence-corrected chi connectivity index (χ4v) is 2.09. The van der Waals surface area contributed by atoms with E-state index < -0.39 is 45.0 Å². The summed E-state index contributed by atoms with van der Waals surface area (Å²) in [5.41, 5.74) is 0. The predicted molar refractivity (Wildman–Crippen MR) is 101 cm³/mol. The Morgan fingerprint density at radius 2 is 1.30 bits per heavy atom. The molecule has 0 unspecified atom stereocenters. The van der Waals surface area contributed by atoms with Crippen molar-refractivity contribution >= 4 is 7.32 Å². The lowest BCUT2D eigenvalue weighted by molar-refractivity contribution is -0.123. The molecule has 8 N–H and O–H groups in total. The number of aliphatic hydroxyl groups is 6. The Morgan fingerprint density at radius 1 is 0.815 bits per heavy atom. The Balaban J connectivity index is 0. The third-order valence-corrected chi connectivity index (χ3v) is 3.81. The first kappa shape index (κ1) is 28.9. The van der Waals surface area contributed by atoms with Gasteiger partial charge in [0.05, 0.1) is 19.8 Å². The molecule has 0 radical (unpaired) electrons. The molecule has 0 rings (SSSR count). The summed E-state index contributed by atoms with van der Waals surface area (Å²) in [5.74, 6) is 0. The van der Waals surface area contributed by atoms with Crippen molar-refractivity contribution in [3.63, 3.8) is 0 Å². The highest BCUT2D eigenvalue weighted by molar-refractivity contribution is 6.32. The molecular weight excluding hydrogens is 361 g/mol. The second kappa shape index (κ2) is 19.0. The molecule has 4 atom stereocenters. The second-order valence-corrected chi connectivity index (χ2v) is 6.23. The van der Waals surface area contributed by atoms with Crippen LogP contribution in [0.4, 0.5) is 0 Å². The first-order valence-electron chi connectivity index (χ1n) is 9.39. The Bertz CT molecular complexity index is 308. The van der Waals surface area contributed by atoms with Crippen molar-refractivity contribution in [2.45, 2.75) is 63.9 Å². The molecule has 0 fully saturated rings. The van der Waals surface area contributed by atoms with Gasteiger partial charge in [-0.1, -0.05) is 26.7 Å². The molecule has 0 bridgehead atoms. The zero-order chi connectivity index (χ0) is 21.2. The third kappa shape index (κ3) is 16.3. The summed E-state index contributed by atoms with van der Waals surface area (Å²) in [6.07, 6.45) is -1.76. The van der Waals surface area contributed by atoms with E-state index in [9.17, 15) is 5.11 Å². The van der Waals surface area contributed by atoms with Crippen LogP contribution in [0.15, 0.2) is 0 Å². The van der Waals surface area contributed by atoms with Crippen molar-refractivity contribution in [2.75, 3.05) is 39.5 Å². The highest BCUT2D eigenvalue weighted by atomic mass is 16.6. The van der Waals surface area contributed by atoms with Gasteiger partial charge in [0, 0.05) is 6.54 Å². The number of rotatable bonds is 15. The van der Waals surface area contributed by atoms with Gasteiger partial charge in [0.1, 0.15) is 24.4 Å². The zero-order valence-corrected chi connectivity index (χ0v) is 16.4. The van der Waals surface area contributed by atoms with E-state index >= 15 is 0 Å². The fraction of sp³-hybridized carbons (Fsp3) is 1.00. The van der Waals surface area contributed by atoms with E-state index in [2.05, 4.69) is 23.4 Å². The average Bonchev–Trinajstić information content (AvgIpc) is 2.66. The van der Waals surface area contributed by atoms with Gasteiger partial charge in [-0.05, 0) is 25.9 Å². The van der Waals surface area contributed by atoms with E-state index in [1.54, 1.807) is 0 Å². The quantitative estimate of drug-likeness (QED) is 0.135. The fourth-order valence-electron chi connectivity index (χ4n) is 2.09. The van der Waals surface area contributed by atoms with Crippen LogP contribution in [0.1, 0.15) is 39.5 Å². The molecule has 0 aromatic rings. The van der Waals surface area contributed by atoms with Crippen LogP contribution in [0.3, 0.4) is 0 Å². The van der Waals surface area contributed by atoms with Crippen LogP contribution < -0.4 is 0 Å². The smallest absolute Gasteiger partial charge is 0.402 e. The van der Waals surface area contributed by atoms with E-state index in [1.807, 2.05) is 0 Å². The molecule has 0 amide bonds. The number of unbranched alkanes of at least 4 members (excludes halogenated alkanes) is 2. The van der Waals surface area contributed by atoms with E-state index in [0.717, 1.165) is 19.6 Å². The second-order valence-electron chi connectivity index (χ2n) is 6.23. The Kier molecular flexibility index (Phi) is 20.3. The van der Waals surface area contributed by atoms with Gasteiger partial charge >= 0.3 is 7.32 Å². The molecule has 0 aromatic carbocycles. The van der Waals surface area contributed by atoms with Crippen LogP contribution in [0.2, 0.25) is 0 Å². The van der Waals surface area contributed by atoms with Gasteiger partial charge in [-0.25, -0.2) is 0 Å². The van der Waals surface area contributed by atoms with Crippen LogP contribution >= 0.6 is 0 Å². The van der Waals surface area contributed by atoms with Crippen LogP contribution in [0, 0.1) is 0 Å². The van der Waals surface area contributed by atoms with Crippen LogP contribution in [0.25, 0.3) is 0 Å². The summed E-state index contributed by atoms with van der Waals surface area (Å²) >= 11 is 0. The van der Waals surface area contributed by atoms with Crippen LogP contribution in [-0.4, -0.2) is 117 Å². The Labute approximate surface area is 161 Å². The van der Waals surface area contributed by atoms with Gasteiger partial charge in [-0.2, -0.15) is 0 Å². The molecule has 0 aromatic heterocycles. The summed E-state index contributed by atoms with van der Waals surface area (Å²) in [5, 5.41) is 70.1. The van der Waals surface area contributed by atoms with Gasteiger partial charge in [0.25, 0.3) is 0 Å². The maximum Gasteiger partial charge on any atom is 0.633 e. The summed E-state index contributed by atoms with van der Waals surface area (Å²) in [6.45, 7) is 6.43. The summed E-state index contributed by atoms with van der Waals surface area (Å²) in [7, 11) is -2.10. The third-order valence-electron chi connectivity index (χ3n) is 3.81. The van der Waals surface area contributed by atoms with Gasteiger partial charge in [0.15, 0.2) is 0 Å². The molecule has 0 aliphatic heterocycles. The largest absolute Gasteiger partial charge is 0.633 e. The first-order chi connectivity index (χ1) is 12.7. The standard InChI is InChI=1S/C10H23NO.C6H15BO8/c1-3-5-7-11(9-10-12)8-6-4-2;8-1-3(9)5(11)6(12)4(10)2-15-7(13)14/h12H,3-10H2,1-2H3;3-6,8-14H,1-2H2/t;3-,4+,5-,6-/m.1/s1. The maximum atomic E-state index is 9.19. The minimum atomic E-state index is -2.10. The van der Waals surface area contributed by atoms with E-state index in [0.29, 0.717) is 6.61 Å². The average molecular weight is 399 g/mol. The molecule has 27 heavy (non-hydrogen) atoms. The lowest BCUT2D eigenvalue weighted by Crippen LogP contribution is -2.47. The molecule has 0 aliphatic carbocycles. The van der Waals surface area contributed by atoms with Crippen molar-refractivity contribution < 1.29 is 45.3 Å². The molecule has 10 nitrogen and oxygen atoms in total. The van der Waals surface area contributed by atoms with Crippen LogP contribution in [0.5, 0.6) is 0 Å². The molecule has 11 heteroatoms. The van der Waals surface area contributed by atoms with Crippen molar-refractivity contribution in [1.82, 2.24) is 4.90 Å². The first-order valence-corrected chi connectivity index (χ1v) is 9.39. The van der Waals surface area contributed by atoms with E-state index in [1.165, 1.54) is 25.7 Å². The lowest BCUT2D eigenvalue weighted by Gasteiger charge is -2.25. The Morgan fingerprint density at radius 3 is 1.67 bits per heavy atom. The molecule has 0 heterocycles. The topological polar surface area (TPSA) is 174 Å². The summed E-state index contributed by atoms with van der Waals surface area (Å²) < 4.78 is 4.13. The van der Waals surface area contributed by atoms with E-state index in [4.69, 9.17) is 35.6 Å². The number of nitrogens with zero attached hydrogens (tertiary/aromatic N) is 1. The van der Waals surface area contributed by atoms with E-state index in [-0.39, 0.29) is 0 Å². The number of aliphatic hydroxyl groups excluding tert-OH is 6. The predicted octanol–water partition coefficient (Wildman–Crippen LogP) is -2.71. The van der Waals surface area contributed by atoms with Gasteiger partial charge < -0.3 is 50.2 Å². The minimum absolute atomic E-state index is 0.299. The molecule has 0 saturated carbocycles. The monoisotopic (exact) mass is 399 g/mol. The van der Waals surface area contributed by atoms with Crippen molar-refractivity contribution in [2.24, 2.45) is 0 Å². The molecular formula is C16H38BNO9.